The van der Waals surface area contributed by atoms with Crippen LogP contribution in [-0.4, -0.2) is 31.9 Å². The molecule has 26 heavy (non-hydrogen) atoms. The number of amides is 1. The number of nitrogens with zero attached hydrogens (tertiary/aromatic N) is 4. The van der Waals surface area contributed by atoms with E-state index in [0.29, 0.717) is 16.8 Å². The van der Waals surface area contributed by atoms with Crippen molar-refractivity contribution in [2.24, 2.45) is 0 Å². The number of rotatable bonds is 5. The molecule has 8 heteroatoms. The zero-order chi connectivity index (χ0) is 18.7. The van der Waals surface area contributed by atoms with Crippen molar-refractivity contribution in [3.05, 3.63) is 59.9 Å². The van der Waals surface area contributed by atoms with Gasteiger partial charge in [-0.2, -0.15) is 4.80 Å². The summed E-state index contributed by atoms with van der Waals surface area (Å²) in [6.07, 6.45) is 0. The number of carbonyl (C=O) groups excluding carboxylic acids is 2. The molecule has 0 bridgehead atoms. The van der Waals surface area contributed by atoms with E-state index in [9.17, 15) is 14.0 Å². The number of hydrogen-bond acceptors (Lipinski definition) is 5. The van der Waals surface area contributed by atoms with Gasteiger partial charge in [0.15, 0.2) is 5.78 Å². The van der Waals surface area contributed by atoms with Gasteiger partial charge in [0.25, 0.3) is 5.91 Å². The molecule has 2 aromatic carbocycles. The standard InChI is InChI=1S/C18H16FN5O2/c1-11(18(26)20-16-8-4-5-13(10-16)12(2)25)24-22-17(21-23-24)14-6-3-7-15(19)9-14/h3-11H,1-2H3,(H,20,26)/t11-/m0/s1. The maximum atomic E-state index is 13.3. The Bertz CT molecular complexity index is 969. The Balaban J connectivity index is 1.75. The number of tetrazole rings is 1. The minimum atomic E-state index is -0.745. The van der Waals surface area contributed by atoms with Crippen LogP contribution in [0.1, 0.15) is 30.2 Å². The van der Waals surface area contributed by atoms with Gasteiger partial charge in [0.1, 0.15) is 11.9 Å². The van der Waals surface area contributed by atoms with Gasteiger partial charge in [-0.05, 0) is 43.3 Å². The molecule has 1 aromatic heterocycles. The molecule has 3 aromatic rings. The van der Waals surface area contributed by atoms with Crippen molar-refractivity contribution in [1.82, 2.24) is 20.2 Å². The van der Waals surface area contributed by atoms with Gasteiger partial charge in [-0.15, -0.1) is 10.2 Å². The first-order valence-corrected chi connectivity index (χ1v) is 7.91. The molecule has 0 unspecified atom stereocenters. The van der Waals surface area contributed by atoms with Crippen molar-refractivity contribution in [2.75, 3.05) is 5.32 Å². The fraction of sp³-hybridized carbons (Fsp3) is 0.167. The average Bonchev–Trinajstić information content (AvgIpc) is 3.11. The van der Waals surface area contributed by atoms with Crippen LogP contribution in [0.2, 0.25) is 0 Å². The lowest BCUT2D eigenvalue weighted by molar-refractivity contribution is -0.119. The predicted molar refractivity (Wildman–Crippen MR) is 93.0 cm³/mol. The van der Waals surface area contributed by atoms with Crippen LogP contribution in [-0.2, 0) is 4.79 Å². The highest BCUT2D eigenvalue weighted by Gasteiger charge is 2.19. The monoisotopic (exact) mass is 353 g/mol. The predicted octanol–water partition coefficient (Wildman–Crippen LogP) is 2.88. The van der Waals surface area contributed by atoms with Crippen molar-refractivity contribution in [3.63, 3.8) is 0 Å². The fourth-order valence-corrected chi connectivity index (χ4v) is 2.30. The SMILES string of the molecule is CC(=O)c1cccc(NC(=O)[C@H](C)n2nnc(-c3cccc(F)c3)n2)c1. The van der Waals surface area contributed by atoms with Gasteiger partial charge in [-0.1, -0.05) is 24.3 Å². The summed E-state index contributed by atoms with van der Waals surface area (Å²) < 4.78 is 13.3. The van der Waals surface area contributed by atoms with Crippen LogP contribution in [0.4, 0.5) is 10.1 Å². The smallest absolute Gasteiger partial charge is 0.250 e. The summed E-state index contributed by atoms with van der Waals surface area (Å²) in [6, 6.07) is 11.7. The normalized spacial score (nSPS) is 11.8. The molecular formula is C18H16FN5O2. The lowest BCUT2D eigenvalue weighted by Gasteiger charge is -2.11. The van der Waals surface area contributed by atoms with Crippen LogP contribution in [0, 0.1) is 5.82 Å². The van der Waals surface area contributed by atoms with E-state index in [-0.39, 0.29) is 17.5 Å². The summed E-state index contributed by atoms with van der Waals surface area (Å²) in [5.41, 5.74) is 1.47. The molecule has 0 saturated heterocycles. The molecule has 0 fully saturated rings. The average molecular weight is 353 g/mol. The Morgan fingerprint density at radius 1 is 1.15 bits per heavy atom. The molecule has 1 heterocycles. The van der Waals surface area contributed by atoms with Crippen LogP contribution >= 0.6 is 0 Å². The Kier molecular flexibility index (Phi) is 4.83. The molecule has 0 aliphatic heterocycles. The number of ketones is 1. The molecule has 1 amide bonds. The first-order chi connectivity index (χ1) is 12.4. The van der Waals surface area contributed by atoms with E-state index in [1.807, 2.05) is 0 Å². The minimum absolute atomic E-state index is 0.0909. The zero-order valence-corrected chi connectivity index (χ0v) is 14.2. The lowest BCUT2D eigenvalue weighted by Crippen LogP contribution is -2.25. The van der Waals surface area contributed by atoms with Gasteiger partial charge in [-0.3, -0.25) is 9.59 Å². The van der Waals surface area contributed by atoms with E-state index in [0.717, 1.165) is 4.80 Å². The second-order valence-corrected chi connectivity index (χ2v) is 5.75. The fourth-order valence-electron chi connectivity index (χ4n) is 2.30. The number of benzene rings is 2. The molecule has 132 valence electrons. The van der Waals surface area contributed by atoms with E-state index in [2.05, 4.69) is 20.7 Å². The minimum Gasteiger partial charge on any atom is -0.324 e. The number of halogens is 1. The van der Waals surface area contributed by atoms with Gasteiger partial charge in [0.05, 0.1) is 0 Å². The summed E-state index contributed by atoms with van der Waals surface area (Å²) in [6.45, 7) is 3.07. The summed E-state index contributed by atoms with van der Waals surface area (Å²) in [7, 11) is 0. The summed E-state index contributed by atoms with van der Waals surface area (Å²) >= 11 is 0. The largest absolute Gasteiger partial charge is 0.324 e. The second kappa shape index (κ2) is 7.22. The third-order valence-corrected chi connectivity index (χ3v) is 3.77. The van der Waals surface area contributed by atoms with E-state index < -0.39 is 11.9 Å². The summed E-state index contributed by atoms with van der Waals surface area (Å²) in [4.78, 5) is 25.0. The maximum Gasteiger partial charge on any atom is 0.250 e. The molecule has 7 nitrogen and oxygen atoms in total. The van der Waals surface area contributed by atoms with Crippen LogP contribution in [0.25, 0.3) is 11.4 Å². The number of anilines is 1. The number of hydrogen-bond donors (Lipinski definition) is 1. The quantitative estimate of drug-likeness (QED) is 0.712. The van der Waals surface area contributed by atoms with Crippen LogP contribution in [0.5, 0.6) is 0 Å². The second-order valence-electron chi connectivity index (χ2n) is 5.75. The maximum absolute atomic E-state index is 13.3. The van der Waals surface area contributed by atoms with Crippen LogP contribution in [0.15, 0.2) is 48.5 Å². The topological polar surface area (TPSA) is 89.8 Å². The molecule has 0 saturated carbocycles. The molecular weight excluding hydrogens is 337 g/mol. The number of carbonyl (C=O) groups is 2. The summed E-state index contributed by atoms with van der Waals surface area (Å²) in [5, 5.41) is 14.6. The van der Waals surface area contributed by atoms with E-state index in [1.54, 1.807) is 43.3 Å². The highest BCUT2D eigenvalue weighted by atomic mass is 19.1. The van der Waals surface area contributed by atoms with Gasteiger partial charge < -0.3 is 5.32 Å². The van der Waals surface area contributed by atoms with Gasteiger partial charge in [-0.25, -0.2) is 4.39 Å². The highest BCUT2D eigenvalue weighted by Crippen LogP contribution is 2.17. The molecule has 0 radical (unpaired) electrons. The Labute approximate surface area is 148 Å². The first kappa shape index (κ1) is 17.4. The number of nitrogens with one attached hydrogen (secondary N) is 1. The molecule has 1 atom stereocenters. The third-order valence-electron chi connectivity index (χ3n) is 3.77. The third kappa shape index (κ3) is 3.80. The van der Waals surface area contributed by atoms with Crippen molar-refractivity contribution in [1.29, 1.82) is 0 Å². The Morgan fingerprint density at radius 3 is 2.65 bits per heavy atom. The van der Waals surface area contributed by atoms with Crippen molar-refractivity contribution >= 4 is 17.4 Å². The van der Waals surface area contributed by atoms with E-state index >= 15 is 0 Å². The molecule has 0 aliphatic carbocycles. The van der Waals surface area contributed by atoms with Crippen molar-refractivity contribution in [2.45, 2.75) is 19.9 Å². The highest BCUT2D eigenvalue weighted by molar-refractivity contribution is 5.97. The Morgan fingerprint density at radius 2 is 1.92 bits per heavy atom. The van der Waals surface area contributed by atoms with Gasteiger partial charge in [0.2, 0.25) is 5.82 Å². The molecule has 0 spiro atoms. The van der Waals surface area contributed by atoms with E-state index in [1.165, 1.54) is 19.1 Å². The first-order valence-electron chi connectivity index (χ1n) is 7.91. The number of Topliss-reactive ketones (excluding diaryl/α,β-unsaturated/α-hetero) is 1. The zero-order valence-electron chi connectivity index (χ0n) is 14.2. The van der Waals surface area contributed by atoms with Crippen molar-refractivity contribution < 1.29 is 14.0 Å². The molecule has 0 aliphatic rings. The van der Waals surface area contributed by atoms with Gasteiger partial charge >= 0.3 is 0 Å². The van der Waals surface area contributed by atoms with Crippen molar-refractivity contribution in [3.8, 4) is 11.4 Å². The molecule has 3 rings (SSSR count). The number of aromatic nitrogens is 4. The summed E-state index contributed by atoms with van der Waals surface area (Å²) in [5.74, 6) is -0.640. The van der Waals surface area contributed by atoms with Crippen LogP contribution < -0.4 is 5.32 Å². The van der Waals surface area contributed by atoms with E-state index in [4.69, 9.17) is 0 Å². The molecule has 1 N–H and O–H groups in total. The van der Waals surface area contributed by atoms with Crippen LogP contribution in [0.3, 0.4) is 0 Å². The lowest BCUT2D eigenvalue weighted by atomic mass is 10.1. The Hall–Kier alpha value is -3.42. The van der Waals surface area contributed by atoms with Gasteiger partial charge in [0, 0.05) is 16.8 Å².